The summed E-state index contributed by atoms with van der Waals surface area (Å²) in [4.78, 5) is 12.4. The SMILES string of the molecule is CS(=O)(=O)Nc1ccccc1C(=O)OCc1cc2c(cc1Br)OCCO2. The first kappa shape index (κ1) is 18.5. The van der Waals surface area contributed by atoms with Crippen LogP contribution < -0.4 is 14.2 Å². The average molecular weight is 442 g/mol. The molecule has 1 aliphatic heterocycles. The van der Waals surface area contributed by atoms with Crippen molar-refractivity contribution in [2.75, 3.05) is 24.2 Å². The number of nitrogens with one attached hydrogen (secondary N) is 1. The van der Waals surface area contributed by atoms with Gasteiger partial charge < -0.3 is 14.2 Å². The molecule has 1 N–H and O–H groups in total. The van der Waals surface area contributed by atoms with Crippen molar-refractivity contribution in [1.29, 1.82) is 0 Å². The summed E-state index contributed by atoms with van der Waals surface area (Å²) < 4.78 is 42.3. The topological polar surface area (TPSA) is 90.9 Å². The molecule has 0 aromatic heterocycles. The lowest BCUT2D eigenvalue weighted by molar-refractivity contribution is 0.0472. The number of hydrogen-bond acceptors (Lipinski definition) is 6. The summed E-state index contributed by atoms with van der Waals surface area (Å²) in [5, 5.41) is 0. The standard InChI is InChI=1S/C17H16BrNO6S/c1-26(21,22)19-14-5-3-2-4-12(14)17(20)25-10-11-8-15-16(9-13(11)18)24-7-6-23-15/h2-5,8-9,19H,6-7,10H2,1H3. The first-order valence-electron chi connectivity index (χ1n) is 7.65. The van der Waals surface area contributed by atoms with Crippen LogP contribution in [0.15, 0.2) is 40.9 Å². The van der Waals surface area contributed by atoms with Gasteiger partial charge in [0, 0.05) is 10.0 Å². The van der Waals surface area contributed by atoms with E-state index in [9.17, 15) is 13.2 Å². The second-order valence-electron chi connectivity index (χ2n) is 5.58. The average Bonchev–Trinajstić information content (AvgIpc) is 2.58. The molecule has 0 unspecified atom stereocenters. The molecule has 0 atom stereocenters. The molecule has 0 radical (unpaired) electrons. The molecule has 0 fully saturated rings. The predicted molar refractivity (Wildman–Crippen MR) is 99.2 cm³/mol. The zero-order chi connectivity index (χ0) is 18.7. The first-order valence-corrected chi connectivity index (χ1v) is 10.3. The van der Waals surface area contributed by atoms with Crippen molar-refractivity contribution in [1.82, 2.24) is 0 Å². The highest BCUT2D eigenvalue weighted by atomic mass is 79.9. The fourth-order valence-corrected chi connectivity index (χ4v) is 3.40. The summed E-state index contributed by atoms with van der Waals surface area (Å²) in [6.45, 7) is 0.930. The lowest BCUT2D eigenvalue weighted by Gasteiger charge is -2.20. The van der Waals surface area contributed by atoms with Crippen LogP contribution >= 0.6 is 15.9 Å². The van der Waals surface area contributed by atoms with Gasteiger partial charge in [0.2, 0.25) is 10.0 Å². The third kappa shape index (κ3) is 4.47. The molecule has 9 heteroatoms. The van der Waals surface area contributed by atoms with Gasteiger partial charge in [0.25, 0.3) is 0 Å². The smallest absolute Gasteiger partial charge is 0.340 e. The minimum absolute atomic E-state index is 0.0106. The van der Waals surface area contributed by atoms with Crippen molar-refractivity contribution in [3.8, 4) is 11.5 Å². The second kappa shape index (κ2) is 7.55. The van der Waals surface area contributed by atoms with Crippen molar-refractivity contribution in [2.24, 2.45) is 0 Å². The van der Waals surface area contributed by atoms with E-state index in [2.05, 4.69) is 20.7 Å². The Balaban J connectivity index is 1.76. The lowest BCUT2D eigenvalue weighted by Crippen LogP contribution is -2.16. The molecule has 0 saturated heterocycles. The van der Waals surface area contributed by atoms with Crippen LogP contribution in [0.1, 0.15) is 15.9 Å². The van der Waals surface area contributed by atoms with Crippen LogP contribution in [0, 0.1) is 0 Å². The maximum absolute atomic E-state index is 12.4. The molecule has 0 saturated carbocycles. The minimum atomic E-state index is -3.51. The van der Waals surface area contributed by atoms with Gasteiger partial charge in [0.1, 0.15) is 19.8 Å². The molecule has 3 rings (SSSR count). The zero-order valence-corrected chi connectivity index (χ0v) is 16.2. The highest BCUT2D eigenvalue weighted by Gasteiger charge is 2.18. The molecule has 0 bridgehead atoms. The second-order valence-corrected chi connectivity index (χ2v) is 8.19. The van der Waals surface area contributed by atoms with Gasteiger partial charge in [-0.1, -0.05) is 28.1 Å². The van der Waals surface area contributed by atoms with Gasteiger partial charge in [-0.2, -0.15) is 0 Å². The van der Waals surface area contributed by atoms with E-state index in [0.29, 0.717) is 30.3 Å². The Morgan fingerprint density at radius 1 is 1.19 bits per heavy atom. The van der Waals surface area contributed by atoms with Crippen molar-refractivity contribution < 1.29 is 27.4 Å². The van der Waals surface area contributed by atoms with Crippen LogP contribution in [0.5, 0.6) is 11.5 Å². The Morgan fingerprint density at radius 3 is 2.54 bits per heavy atom. The van der Waals surface area contributed by atoms with E-state index in [0.717, 1.165) is 10.7 Å². The number of benzene rings is 2. The fraction of sp³-hybridized carbons (Fsp3) is 0.235. The Labute approximate surface area is 159 Å². The monoisotopic (exact) mass is 441 g/mol. The van der Waals surface area contributed by atoms with Gasteiger partial charge in [-0.05, 0) is 24.3 Å². The third-order valence-corrected chi connectivity index (χ3v) is 4.84. The lowest BCUT2D eigenvalue weighted by atomic mass is 10.2. The zero-order valence-electron chi connectivity index (χ0n) is 13.8. The maximum atomic E-state index is 12.4. The minimum Gasteiger partial charge on any atom is -0.486 e. The van der Waals surface area contributed by atoms with Crippen LogP contribution in [0.3, 0.4) is 0 Å². The number of esters is 1. The van der Waals surface area contributed by atoms with E-state index in [1.165, 1.54) is 12.1 Å². The highest BCUT2D eigenvalue weighted by Crippen LogP contribution is 2.36. The number of carbonyl (C=O) groups is 1. The van der Waals surface area contributed by atoms with E-state index in [1.54, 1.807) is 24.3 Å². The summed E-state index contributed by atoms with van der Waals surface area (Å²) in [7, 11) is -3.51. The number of ether oxygens (including phenoxy) is 3. The third-order valence-electron chi connectivity index (χ3n) is 3.51. The number of sulfonamides is 1. The molecule has 1 aliphatic rings. The summed E-state index contributed by atoms with van der Waals surface area (Å²) in [6, 6.07) is 9.75. The maximum Gasteiger partial charge on any atom is 0.340 e. The van der Waals surface area contributed by atoms with Gasteiger partial charge in [-0.3, -0.25) is 4.72 Å². The highest BCUT2D eigenvalue weighted by molar-refractivity contribution is 9.10. The van der Waals surface area contributed by atoms with Crippen LogP contribution in [0.4, 0.5) is 5.69 Å². The van der Waals surface area contributed by atoms with Crippen LogP contribution in [0.25, 0.3) is 0 Å². The van der Waals surface area contributed by atoms with E-state index < -0.39 is 16.0 Å². The van der Waals surface area contributed by atoms with Gasteiger partial charge >= 0.3 is 5.97 Å². The molecule has 0 spiro atoms. The quantitative estimate of drug-likeness (QED) is 0.717. The Hall–Kier alpha value is -2.26. The molecule has 2 aromatic rings. The summed E-state index contributed by atoms with van der Waals surface area (Å²) in [5.41, 5.74) is 1.00. The van der Waals surface area contributed by atoms with E-state index >= 15 is 0 Å². The molecule has 0 amide bonds. The number of anilines is 1. The number of fused-ring (bicyclic) bond motifs is 1. The first-order chi connectivity index (χ1) is 12.3. The molecular formula is C17H16BrNO6S. The molecule has 2 aromatic carbocycles. The summed E-state index contributed by atoms with van der Waals surface area (Å²) in [6.07, 6.45) is 1.02. The van der Waals surface area contributed by atoms with Crippen molar-refractivity contribution in [3.63, 3.8) is 0 Å². The molecule has 1 heterocycles. The fourth-order valence-electron chi connectivity index (χ4n) is 2.39. The van der Waals surface area contributed by atoms with Crippen LogP contribution in [-0.4, -0.2) is 33.9 Å². The van der Waals surface area contributed by atoms with Gasteiger partial charge in [-0.25, -0.2) is 13.2 Å². The van der Waals surface area contributed by atoms with Gasteiger partial charge in [0.15, 0.2) is 11.5 Å². The molecule has 0 aliphatic carbocycles. The number of para-hydroxylation sites is 1. The van der Waals surface area contributed by atoms with E-state index in [1.807, 2.05) is 0 Å². The Morgan fingerprint density at radius 2 is 1.85 bits per heavy atom. The molecule has 138 valence electrons. The van der Waals surface area contributed by atoms with Gasteiger partial charge in [-0.15, -0.1) is 0 Å². The van der Waals surface area contributed by atoms with Crippen molar-refractivity contribution in [2.45, 2.75) is 6.61 Å². The molecular weight excluding hydrogens is 426 g/mol. The normalized spacial score (nSPS) is 13.2. The molecule has 7 nitrogen and oxygen atoms in total. The Kier molecular flexibility index (Phi) is 5.38. The van der Waals surface area contributed by atoms with Crippen LogP contribution in [0.2, 0.25) is 0 Å². The van der Waals surface area contributed by atoms with Gasteiger partial charge in [0.05, 0.1) is 17.5 Å². The Bertz CT molecular complexity index is 944. The summed E-state index contributed by atoms with van der Waals surface area (Å²) >= 11 is 3.42. The van der Waals surface area contributed by atoms with E-state index in [4.69, 9.17) is 14.2 Å². The predicted octanol–water partition coefficient (Wildman–Crippen LogP) is 2.95. The number of hydrogen-bond donors (Lipinski definition) is 1. The summed E-state index contributed by atoms with van der Waals surface area (Å²) in [5.74, 6) is 0.573. The number of carbonyl (C=O) groups excluding carboxylic acids is 1. The number of halogens is 1. The van der Waals surface area contributed by atoms with Crippen molar-refractivity contribution >= 4 is 37.6 Å². The van der Waals surface area contributed by atoms with E-state index in [-0.39, 0.29) is 17.9 Å². The van der Waals surface area contributed by atoms with Crippen molar-refractivity contribution in [3.05, 3.63) is 52.0 Å². The molecule has 26 heavy (non-hydrogen) atoms. The largest absolute Gasteiger partial charge is 0.486 e. The number of rotatable bonds is 5. The van der Waals surface area contributed by atoms with Crippen LogP contribution in [-0.2, 0) is 21.4 Å².